The molecule has 2 aromatic carbocycles. The number of hydrogen-bond donors (Lipinski definition) is 0. The van der Waals surface area contributed by atoms with Crippen LogP contribution in [-0.4, -0.2) is 54.4 Å². The van der Waals surface area contributed by atoms with Gasteiger partial charge >= 0.3 is 0 Å². The molecule has 0 aliphatic carbocycles. The highest BCUT2D eigenvalue weighted by Gasteiger charge is 2.23. The second-order valence-corrected chi connectivity index (χ2v) is 7.61. The van der Waals surface area contributed by atoms with Gasteiger partial charge in [0.15, 0.2) is 0 Å². The molecule has 1 saturated heterocycles. The molecule has 0 radical (unpaired) electrons. The van der Waals surface area contributed by atoms with Crippen molar-refractivity contribution in [3.05, 3.63) is 64.1 Å². The number of carbonyl (C=O) groups excluding carboxylic acids is 2. The van der Waals surface area contributed by atoms with Crippen LogP contribution in [0.3, 0.4) is 0 Å². The van der Waals surface area contributed by atoms with Crippen LogP contribution < -0.4 is 4.74 Å². The number of halogens is 1. The topological polar surface area (TPSA) is 49.9 Å². The molecular weight excluding hydrogens is 420 g/mol. The lowest BCUT2D eigenvalue weighted by atomic mass is 10.1. The zero-order valence-electron chi connectivity index (χ0n) is 16.1. The van der Waals surface area contributed by atoms with Crippen molar-refractivity contribution in [2.45, 2.75) is 19.8 Å². The molecule has 5 nitrogen and oxygen atoms in total. The maximum atomic E-state index is 12.8. The number of amides is 2. The highest BCUT2D eigenvalue weighted by molar-refractivity contribution is 9.10. The lowest BCUT2D eigenvalue weighted by Crippen LogP contribution is -2.38. The van der Waals surface area contributed by atoms with Gasteiger partial charge in [0, 0.05) is 30.7 Å². The largest absolute Gasteiger partial charge is 0.494 e. The van der Waals surface area contributed by atoms with Gasteiger partial charge in [-0.05, 0) is 59.1 Å². The molecule has 2 amide bonds. The molecule has 1 fully saturated rings. The summed E-state index contributed by atoms with van der Waals surface area (Å²) in [6.07, 6.45) is 1.15. The first kappa shape index (κ1) is 20.4. The number of rotatable bonds is 5. The Morgan fingerprint density at radius 2 is 1.64 bits per heavy atom. The van der Waals surface area contributed by atoms with E-state index in [1.165, 1.54) is 0 Å². The summed E-state index contributed by atoms with van der Waals surface area (Å²) in [5.74, 6) is 0.919. The fraction of sp³-hybridized carbons (Fsp3) is 0.364. The second-order valence-electron chi connectivity index (χ2n) is 6.76. The van der Waals surface area contributed by atoms with Gasteiger partial charge in [-0.15, -0.1) is 0 Å². The molecule has 0 bridgehead atoms. The summed E-state index contributed by atoms with van der Waals surface area (Å²) in [6.45, 7) is 5.02. The molecule has 28 heavy (non-hydrogen) atoms. The minimum atomic E-state index is 0.00767. The first-order valence-electron chi connectivity index (χ1n) is 9.62. The fourth-order valence-electron chi connectivity index (χ4n) is 3.33. The molecule has 3 rings (SSSR count). The lowest BCUT2D eigenvalue weighted by molar-refractivity contribution is -0.130. The molecule has 0 aromatic heterocycles. The fourth-order valence-corrected chi connectivity index (χ4v) is 3.79. The van der Waals surface area contributed by atoms with E-state index >= 15 is 0 Å². The van der Waals surface area contributed by atoms with Crippen molar-refractivity contribution in [3.63, 3.8) is 0 Å². The van der Waals surface area contributed by atoms with Crippen molar-refractivity contribution in [3.8, 4) is 5.75 Å². The maximum absolute atomic E-state index is 12.8. The van der Waals surface area contributed by atoms with E-state index in [-0.39, 0.29) is 11.8 Å². The van der Waals surface area contributed by atoms with Gasteiger partial charge in [0.05, 0.1) is 18.6 Å². The Hall–Kier alpha value is -2.34. The number of nitrogens with zero attached hydrogens (tertiary/aromatic N) is 2. The molecule has 1 aliphatic heterocycles. The number of ether oxygens (including phenoxy) is 1. The summed E-state index contributed by atoms with van der Waals surface area (Å²) in [4.78, 5) is 29.2. The van der Waals surface area contributed by atoms with Crippen LogP contribution in [0.15, 0.2) is 53.0 Å². The molecule has 0 unspecified atom stereocenters. The average Bonchev–Trinajstić information content (AvgIpc) is 2.96. The van der Waals surface area contributed by atoms with Crippen LogP contribution >= 0.6 is 15.9 Å². The van der Waals surface area contributed by atoms with Crippen LogP contribution in [0, 0.1) is 0 Å². The van der Waals surface area contributed by atoms with Gasteiger partial charge in [-0.2, -0.15) is 0 Å². The molecule has 0 N–H and O–H groups in total. The normalized spacial score (nSPS) is 14.5. The Bertz CT molecular complexity index is 823. The Kier molecular flexibility index (Phi) is 7.09. The third-order valence-electron chi connectivity index (χ3n) is 4.83. The zero-order valence-corrected chi connectivity index (χ0v) is 17.7. The van der Waals surface area contributed by atoms with E-state index in [1.807, 2.05) is 65.3 Å². The van der Waals surface area contributed by atoms with Gasteiger partial charge in [0.1, 0.15) is 5.75 Å². The van der Waals surface area contributed by atoms with E-state index in [0.717, 1.165) is 22.2 Å². The van der Waals surface area contributed by atoms with Crippen molar-refractivity contribution >= 4 is 27.7 Å². The summed E-state index contributed by atoms with van der Waals surface area (Å²) >= 11 is 3.45. The smallest absolute Gasteiger partial charge is 0.255 e. The molecule has 6 heteroatoms. The molecule has 2 aromatic rings. The van der Waals surface area contributed by atoms with Crippen molar-refractivity contribution in [2.75, 3.05) is 32.8 Å². The van der Waals surface area contributed by atoms with Crippen LogP contribution in [0.25, 0.3) is 0 Å². The number of carbonyl (C=O) groups is 2. The van der Waals surface area contributed by atoms with Gasteiger partial charge < -0.3 is 14.5 Å². The first-order valence-corrected chi connectivity index (χ1v) is 10.4. The summed E-state index contributed by atoms with van der Waals surface area (Å²) in [5.41, 5.74) is 1.63. The van der Waals surface area contributed by atoms with Crippen LogP contribution in [0.4, 0.5) is 0 Å². The van der Waals surface area contributed by atoms with Gasteiger partial charge in [-0.3, -0.25) is 9.59 Å². The summed E-state index contributed by atoms with van der Waals surface area (Å²) < 4.78 is 6.24. The van der Waals surface area contributed by atoms with Crippen LogP contribution in [0.5, 0.6) is 5.75 Å². The molecule has 148 valence electrons. The van der Waals surface area contributed by atoms with E-state index in [9.17, 15) is 9.59 Å². The molecule has 1 aliphatic rings. The highest BCUT2D eigenvalue weighted by atomic mass is 79.9. The van der Waals surface area contributed by atoms with Crippen molar-refractivity contribution in [2.24, 2.45) is 0 Å². The summed E-state index contributed by atoms with van der Waals surface area (Å²) in [6, 6.07) is 15.1. The highest BCUT2D eigenvalue weighted by Crippen LogP contribution is 2.19. The van der Waals surface area contributed by atoms with Crippen molar-refractivity contribution < 1.29 is 14.3 Å². The monoisotopic (exact) mass is 444 g/mol. The molecule has 0 saturated carbocycles. The summed E-state index contributed by atoms with van der Waals surface area (Å²) in [7, 11) is 0. The predicted octanol–water partition coefficient (Wildman–Crippen LogP) is 3.77. The van der Waals surface area contributed by atoms with E-state index in [0.29, 0.717) is 44.8 Å². The van der Waals surface area contributed by atoms with Gasteiger partial charge in [0.25, 0.3) is 5.91 Å². The molecular formula is C22H25BrN2O3. The predicted molar refractivity (Wildman–Crippen MR) is 113 cm³/mol. The van der Waals surface area contributed by atoms with Gasteiger partial charge in [-0.1, -0.05) is 24.3 Å². The minimum absolute atomic E-state index is 0.00767. The summed E-state index contributed by atoms with van der Waals surface area (Å²) in [5, 5.41) is 0. The third-order valence-corrected chi connectivity index (χ3v) is 5.52. The average molecular weight is 445 g/mol. The Morgan fingerprint density at radius 3 is 2.36 bits per heavy atom. The third kappa shape index (κ3) is 5.13. The zero-order chi connectivity index (χ0) is 19.9. The second kappa shape index (κ2) is 9.73. The van der Waals surface area contributed by atoms with E-state index < -0.39 is 0 Å². The van der Waals surface area contributed by atoms with Crippen LogP contribution in [-0.2, 0) is 11.2 Å². The Labute approximate surface area is 174 Å². The first-order chi connectivity index (χ1) is 13.6. The minimum Gasteiger partial charge on any atom is -0.494 e. The molecule has 0 spiro atoms. The van der Waals surface area contributed by atoms with Gasteiger partial charge in [-0.25, -0.2) is 0 Å². The van der Waals surface area contributed by atoms with Crippen molar-refractivity contribution in [1.82, 2.24) is 9.80 Å². The van der Waals surface area contributed by atoms with Crippen LogP contribution in [0.1, 0.15) is 29.3 Å². The van der Waals surface area contributed by atoms with Gasteiger partial charge in [0.2, 0.25) is 5.91 Å². The van der Waals surface area contributed by atoms with E-state index in [4.69, 9.17) is 4.74 Å². The Balaban J connectivity index is 1.57. The maximum Gasteiger partial charge on any atom is 0.255 e. The van der Waals surface area contributed by atoms with E-state index in [1.54, 1.807) is 0 Å². The van der Waals surface area contributed by atoms with E-state index in [2.05, 4.69) is 15.9 Å². The SMILES string of the molecule is CCOc1ccc(CC(=O)N2CCCN(C(=O)c3ccccc3Br)CC2)cc1. The van der Waals surface area contributed by atoms with Crippen molar-refractivity contribution in [1.29, 1.82) is 0 Å². The lowest BCUT2D eigenvalue weighted by Gasteiger charge is -2.22. The van der Waals surface area contributed by atoms with Crippen LogP contribution in [0.2, 0.25) is 0 Å². The molecule has 0 atom stereocenters. The Morgan fingerprint density at radius 1 is 0.964 bits per heavy atom. The quantitative estimate of drug-likeness (QED) is 0.704. The molecule has 1 heterocycles. The standard InChI is InChI=1S/C22H25BrN2O3/c1-2-28-18-10-8-17(9-11-18)16-21(26)24-12-5-13-25(15-14-24)22(27)19-6-3-4-7-20(19)23/h3-4,6-11H,2,5,12-16H2,1H3. The number of hydrogen-bond acceptors (Lipinski definition) is 3. The number of benzene rings is 2.